The topological polar surface area (TPSA) is 71.7 Å². The molecule has 0 saturated heterocycles. The van der Waals surface area contributed by atoms with Crippen molar-refractivity contribution in [3.8, 4) is 6.19 Å². The largest absolute Gasteiger partial charge is 0.514 e. The number of ether oxygens (including phenoxy) is 2. The molecule has 0 aliphatic rings. The first-order valence-corrected chi connectivity index (χ1v) is 2.98. The summed E-state index contributed by atoms with van der Waals surface area (Å²) in [6, 6.07) is 0. The fourth-order valence-corrected chi connectivity index (χ4v) is 0.361. The highest BCUT2D eigenvalue weighted by Gasteiger charge is 2.03. The Morgan fingerprint density at radius 1 is 1.73 bits per heavy atom. The van der Waals surface area contributed by atoms with Crippen molar-refractivity contribution in [2.75, 3.05) is 6.61 Å². The van der Waals surface area contributed by atoms with Gasteiger partial charge in [0.05, 0.1) is 6.61 Å². The first kappa shape index (κ1) is 9.43. The van der Waals surface area contributed by atoms with Crippen LogP contribution in [0.3, 0.4) is 0 Å². The van der Waals surface area contributed by atoms with E-state index in [1.54, 1.807) is 6.92 Å². The van der Waals surface area contributed by atoms with Crippen molar-refractivity contribution in [2.24, 2.45) is 4.99 Å². The fraction of sp³-hybridized carbons (Fsp3) is 0.500. The van der Waals surface area contributed by atoms with E-state index >= 15 is 0 Å². The van der Waals surface area contributed by atoms with Crippen molar-refractivity contribution in [1.82, 2.24) is 0 Å². The smallest absolute Gasteiger partial charge is 0.434 e. The van der Waals surface area contributed by atoms with Crippen LogP contribution in [0.15, 0.2) is 4.99 Å². The van der Waals surface area contributed by atoms with E-state index in [1.165, 1.54) is 13.1 Å². The van der Waals surface area contributed by atoms with Crippen molar-refractivity contribution in [3.63, 3.8) is 0 Å². The van der Waals surface area contributed by atoms with Gasteiger partial charge in [0.1, 0.15) is 0 Å². The normalized spacial score (nSPS) is 10.1. The highest BCUT2D eigenvalue weighted by atomic mass is 16.7. The number of nitrogens with zero attached hydrogens (tertiary/aromatic N) is 2. The second-order valence-electron chi connectivity index (χ2n) is 1.52. The van der Waals surface area contributed by atoms with Gasteiger partial charge in [-0.15, -0.1) is 4.99 Å². The first-order chi connectivity index (χ1) is 5.20. The number of hydrogen-bond acceptors (Lipinski definition) is 5. The van der Waals surface area contributed by atoms with E-state index < -0.39 is 6.16 Å². The summed E-state index contributed by atoms with van der Waals surface area (Å²) in [6.45, 7) is 3.27. The van der Waals surface area contributed by atoms with Crippen molar-refractivity contribution >= 4 is 12.1 Å². The first-order valence-electron chi connectivity index (χ1n) is 2.98. The van der Waals surface area contributed by atoms with Crippen LogP contribution in [0.4, 0.5) is 4.79 Å². The molecule has 0 aromatic rings. The van der Waals surface area contributed by atoms with Crippen LogP contribution in [0.25, 0.3) is 0 Å². The van der Waals surface area contributed by atoms with Crippen LogP contribution < -0.4 is 0 Å². The van der Waals surface area contributed by atoms with E-state index in [2.05, 4.69) is 14.5 Å². The molecular weight excluding hydrogens is 148 g/mol. The minimum absolute atomic E-state index is 0.0223. The summed E-state index contributed by atoms with van der Waals surface area (Å²) < 4.78 is 8.80. The van der Waals surface area contributed by atoms with E-state index in [0.29, 0.717) is 0 Å². The molecule has 0 bridgehead atoms. The van der Waals surface area contributed by atoms with Gasteiger partial charge in [-0.2, -0.15) is 5.26 Å². The maximum Gasteiger partial charge on any atom is 0.514 e. The maximum absolute atomic E-state index is 10.5. The van der Waals surface area contributed by atoms with Crippen molar-refractivity contribution in [3.05, 3.63) is 0 Å². The molecule has 0 heterocycles. The van der Waals surface area contributed by atoms with Crippen LogP contribution in [0.2, 0.25) is 0 Å². The summed E-state index contributed by atoms with van der Waals surface area (Å²) in [4.78, 5) is 13.6. The van der Waals surface area contributed by atoms with Crippen molar-refractivity contribution < 1.29 is 14.3 Å². The summed E-state index contributed by atoms with van der Waals surface area (Å²) in [7, 11) is 0. The maximum atomic E-state index is 10.5. The SMILES string of the molecule is CCOC(=O)OC(C)=NC#N. The Bertz CT molecular complexity index is 204. The van der Waals surface area contributed by atoms with Crippen LogP contribution >= 0.6 is 0 Å². The molecule has 0 aliphatic carbocycles. The lowest BCUT2D eigenvalue weighted by molar-refractivity contribution is 0.100. The molecule has 0 aromatic heterocycles. The Morgan fingerprint density at radius 2 is 2.36 bits per heavy atom. The monoisotopic (exact) mass is 156 g/mol. The average Bonchev–Trinajstić information content (AvgIpc) is 1.87. The van der Waals surface area contributed by atoms with Crippen LogP contribution in [0.1, 0.15) is 13.8 Å². The highest BCUT2D eigenvalue weighted by Crippen LogP contribution is 1.87. The number of aliphatic imine (C=N–C) groups is 1. The molecule has 5 heteroatoms. The molecule has 0 saturated carbocycles. The van der Waals surface area contributed by atoms with Gasteiger partial charge in [0, 0.05) is 6.92 Å². The minimum atomic E-state index is -0.844. The lowest BCUT2D eigenvalue weighted by atomic mass is 10.8. The van der Waals surface area contributed by atoms with E-state index in [9.17, 15) is 4.79 Å². The van der Waals surface area contributed by atoms with Gasteiger partial charge < -0.3 is 9.47 Å². The number of carbonyl (C=O) groups excluding carboxylic acids is 1. The lowest BCUT2D eigenvalue weighted by Crippen LogP contribution is -2.10. The van der Waals surface area contributed by atoms with E-state index in [4.69, 9.17) is 5.26 Å². The van der Waals surface area contributed by atoms with Gasteiger partial charge in [-0.3, -0.25) is 0 Å². The third-order valence-electron chi connectivity index (χ3n) is 0.701. The van der Waals surface area contributed by atoms with Crippen LogP contribution in [-0.2, 0) is 9.47 Å². The van der Waals surface area contributed by atoms with Gasteiger partial charge in [-0.25, -0.2) is 4.79 Å². The third kappa shape index (κ3) is 4.90. The molecule has 5 nitrogen and oxygen atoms in total. The second kappa shape index (κ2) is 5.23. The average molecular weight is 156 g/mol. The van der Waals surface area contributed by atoms with E-state index in [-0.39, 0.29) is 12.5 Å². The van der Waals surface area contributed by atoms with Crippen LogP contribution in [-0.4, -0.2) is 18.7 Å². The van der Waals surface area contributed by atoms with Gasteiger partial charge in [-0.1, -0.05) is 0 Å². The van der Waals surface area contributed by atoms with Crippen LogP contribution in [0.5, 0.6) is 0 Å². The molecule has 0 aliphatic heterocycles. The van der Waals surface area contributed by atoms with Gasteiger partial charge in [0.2, 0.25) is 12.1 Å². The molecule has 0 atom stereocenters. The lowest BCUT2D eigenvalue weighted by Gasteiger charge is -1.99. The standard InChI is InChI=1S/C6H8N2O3/c1-3-10-6(9)11-5(2)8-4-7/h3H2,1-2H3. The predicted octanol–water partition coefficient (Wildman–Crippen LogP) is 1.06. The molecule has 0 amide bonds. The molecular formula is C6H8N2O3. The fourth-order valence-electron chi connectivity index (χ4n) is 0.361. The number of hydrogen-bond donors (Lipinski definition) is 0. The predicted molar refractivity (Wildman–Crippen MR) is 36.8 cm³/mol. The highest BCUT2D eigenvalue weighted by molar-refractivity contribution is 5.84. The molecule has 0 aromatic carbocycles. The summed E-state index contributed by atoms with van der Waals surface area (Å²) in [5.41, 5.74) is 0. The molecule has 0 N–H and O–H groups in total. The third-order valence-corrected chi connectivity index (χ3v) is 0.701. The molecule has 0 rings (SSSR count). The van der Waals surface area contributed by atoms with Crippen LogP contribution in [0, 0.1) is 11.5 Å². The molecule has 0 spiro atoms. The molecule has 0 unspecified atom stereocenters. The zero-order valence-corrected chi connectivity index (χ0v) is 6.33. The second-order valence-corrected chi connectivity index (χ2v) is 1.52. The van der Waals surface area contributed by atoms with E-state index in [0.717, 1.165) is 0 Å². The number of rotatable bonds is 1. The Balaban J connectivity index is 3.77. The van der Waals surface area contributed by atoms with Gasteiger partial charge in [0.25, 0.3) is 0 Å². The van der Waals surface area contributed by atoms with E-state index in [1.807, 2.05) is 0 Å². The van der Waals surface area contributed by atoms with Crippen molar-refractivity contribution in [2.45, 2.75) is 13.8 Å². The van der Waals surface area contributed by atoms with Gasteiger partial charge in [-0.05, 0) is 6.92 Å². The Hall–Kier alpha value is -1.57. The summed E-state index contributed by atoms with van der Waals surface area (Å²) in [5.74, 6) is -0.0223. The Morgan fingerprint density at radius 3 is 2.82 bits per heavy atom. The minimum Gasteiger partial charge on any atom is -0.434 e. The zero-order valence-electron chi connectivity index (χ0n) is 6.33. The summed E-state index contributed by atoms with van der Waals surface area (Å²) >= 11 is 0. The van der Waals surface area contributed by atoms with Crippen molar-refractivity contribution in [1.29, 1.82) is 5.26 Å². The Kier molecular flexibility index (Phi) is 4.49. The van der Waals surface area contributed by atoms with Gasteiger partial charge >= 0.3 is 6.16 Å². The Labute approximate surface area is 64.2 Å². The zero-order chi connectivity index (χ0) is 8.69. The molecule has 0 radical (unpaired) electrons. The number of nitriles is 1. The molecule has 60 valence electrons. The summed E-state index contributed by atoms with van der Waals surface area (Å²) in [6.07, 6.45) is 0.627. The number of carbonyl (C=O) groups is 1. The molecule has 11 heavy (non-hydrogen) atoms. The summed E-state index contributed by atoms with van der Waals surface area (Å²) in [5, 5.41) is 8.01. The quantitative estimate of drug-likeness (QED) is 0.246. The van der Waals surface area contributed by atoms with Gasteiger partial charge in [0.15, 0.2) is 0 Å². The molecule has 0 fully saturated rings.